The Morgan fingerprint density at radius 1 is 1.18 bits per heavy atom. The van der Waals surface area contributed by atoms with Crippen molar-refractivity contribution < 1.29 is 5.11 Å². The van der Waals surface area contributed by atoms with Crippen molar-refractivity contribution in [2.24, 2.45) is 0 Å². The third-order valence-corrected chi connectivity index (χ3v) is 3.44. The third-order valence-electron chi connectivity index (χ3n) is 2.35. The fourth-order valence-electron chi connectivity index (χ4n) is 1.39. The van der Waals surface area contributed by atoms with E-state index in [1.54, 1.807) is 18.0 Å². The zero-order valence-electron chi connectivity index (χ0n) is 9.84. The lowest BCUT2D eigenvalue weighted by Gasteiger charge is -2.05. The maximum absolute atomic E-state index is 8.97. The number of aryl methyl sites for hydroxylation is 2. The van der Waals surface area contributed by atoms with Gasteiger partial charge in [-0.3, -0.25) is 4.98 Å². The molecule has 2 rings (SSSR count). The molecule has 0 aliphatic heterocycles. The Morgan fingerprint density at radius 3 is 2.53 bits per heavy atom. The highest BCUT2D eigenvalue weighted by molar-refractivity contribution is 7.99. The Labute approximate surface area is 105 Å². The van der Waals surface area contributed by atoms with Crippen molar-refractivity contribution in [3.05, 3.63) is 47.4 Å². The molecule has 0 saturated carbocycles. The minimum absolute atomic E-state index is 0.0776. The van der Waals surface area contributed by atoms with Gasteiger partial charge in [0.25, 0.3) is 0 Å². The van der Waals surface area contributed by atoms with Crippen molar-refractivity contribution in [1.82, 2.24) is 9.97 Å². The van der Waals surface area contributed by atoms with Gasteiger partial charge in [0, 0.05) is 11.1 Å². The molecule has 88 valence electrons. The molecule has 2 aromatic rings. The van der Waals surface area contributed by atoms with Crippen LogP contribution in [0.15, 0.2) is 40.4 Å². The second-order valence-corrected chi connectivity index (χ2v) is 4.87. The van der Waals surface area contributed by atoms with Crippen LogP contribution < -0.4 is 0 Å². The van der Waals surface area contributed by atoms with Gasteiger partial charge in [-0.15, -0.1) is 0 Å². The summed E-state index contributed by atoms with van der Waals surface area (Å²) in [5.41, 5.74) is 2.78. The first kappa shape index (κ1) is 12.1. The summed E-state index contributed by atoms with van der Waals surface area (Å²) in [6, 6.07) is 7.81. The predicted octanol–water partition coefficient (Wildman–Crippen LogP) is 2.74. The van der Waals surface area contributed by atoms with E-state index in [-0.39, 0.29) is 6.61 Å². The van der Waals surface area contributed by atoms with E-state index in [9.17, 15) is 0 Å². The normalized spacial score (nSPS) is 10.5. The Kier molecular flexibility index (Phi) is 3.76. The maximum atomic E-state index is 8.97. The Bertz CT molecular complexity index is 511. The molecule has 0 atom stereocenters. The zero-order valence-corrected chi connectivity index (χ0v) is 10.7. The summed E-state index contributed by atoms with van der Waals surface area (Å²) >= 11 is 1.59. The second kappa shape index (κ2) is 5.29. The van der Waals surface area contributed by atoms with Crippen LogP contribution in [0, 0.1) is 13.8 Å². The van der Waals surface area contributed by atoms with Crippen molar-refractivity contribution in [2.75, 3.05) is 0 Å². The van der Waals surface area contributed by atoms with Gasteiger partial charge in [-0.2, -0.15) is 0 Å². The highest BCUT2D eigenvalue weighted by Gasteiger charge is 2.04. The molecular weight excluding hydrogens is 232 g/mol. The van der Waals surface area contributed by atoms with E-state index in [2.05, 4.69) is 9.97 Å². The number of nitrogens with zero attached hydrogens (tertiary/aromatic N) is 2. The van der Waals surface area contributed by atoms with Crippen LogP contribution in [-0.4, -0.2) is 15.1 Å². The molecule has 1 aromatic heterocycles. The van der Waals surface area contributed by atoms with Gasteiger partial charge < -0.3 is 5.11 Å². The smallest absolute Gasteiger partial charge is 0.122 e. The number of rotatable bonds is 3. The summed E-state index contributed by atoms with van der Waals surface area (Å²) in [5, 5.41) is 9.90. The van der Waals surface area contributed by atoms with Gasteiger partial charge in [-0.05, 0) is 31.5 Å². The molecule has 0 radical (unpaired) electrons. The average Bonchev–Trinajstić information content (AvgIpc) is 2.35. The van der Waals surface area contributed by atoms with E-state index in [1.807, 2.05) is 38.1 Å². The number of aromatic nitrogens is 2. The summed E-state index contributed by atoms with van der Waals surface area (Å²) in [6.07, 6.45) is 1.77. The van der Waals surface area contributed by atoms with Gasteiger partial charge in [0.2, 0.25) is 0 Å². The first-order valence-corrected chi connectivity index (χ1v) is 6.18. The maximum Gasteiger partial charge on any atom is 0.122 e. The van der Waals surface area contributed by atoms with Crippen LogP contribution in [0.3, 0.4) is 0 Å². The second-order valence-electron chi connectivity index (χ2n) is 3.81. The van der Waals surface area contributed by atoms with E-state index >= 15 is 0 Å². The van der Waals surface area contributed by atoms with E-state index in [0.717, 1.165) is 26.9 Å². The molecule has 0 bridgehead atoms. The summed E-state index contributed by atoms with van der Waals surface area (Å²) in [7, 11) is 0. The summed E-state index contributed by atoms with van der Waals surface area (Å²) in [5.74, 6) is 0. The van der Waals surface area contributed by atoms with Crippen molar-refractivity contribution in [2.45, 2.75) is 30.4 Å². The molecule has 1 aromatic carbocycles. The number of hydrogen-bond acceptors (Lipinski definition) is 4. The van der Waals surface area contributed by atoms with Gasteiger partial charge in [0.05, 0.1) is 18.0 Å². The molecule has 0 fully saturated rings. The SMILES string of the molecule is Cc1cnc(C)c(Sc2ccc(CO)cc2)n1. The number of hydrogen-bond donors (Lipinski definition) is 1. The number of benzene rings is 1. The highest BCUT2D eigenvalue weighted by atomic mass is 32.2. The first-order valence-electron chi connectivity index (χ1n) is 5.37. The van der Waals surface area contributed by atoms with E-state index in [4.69, 9.17) is 5.11 Å². The van der Waals surface area contributed by atoms with Crippen molar-refractivity contribution in [3.8, 4) is 0 Å². The molecule has 0 saturated heterocycles. The Hall–Kier alpha value is -1.39. The average molecular weight is 246 g/mol. The van der Waals surface area contributed by atoms with Crippen LogP contribution in [-0.2, 0) is 6.61 Å². The van der Waals surface area contributed by atoms with Crippen molar-refractivity contribution in [3.63, 3.8) is 0 Å². The third kappa shape index (κ3) is 3.05. The van der Waals surface area contributed by atoms with Crippen molar-refractivity contribution in [1.29, 1.82) is 0 Å². The lowest BCUT2D eigenvalue weighted by atomic mass is 10.2. The van der Waals surface area contributed by atoms with Gasteiger partial charge in [-0.1, -0.05) is 23.9 Å². The van der Waals surface area contributed by atoms with E-state index in [1.165, 1.54) is 0 Å². The molecule has 0 unspecified atom stereocenters. The van der Waals surface area contributed by atoms with Crippen LogP contribution in [0.4, 0.5) is 0 Å². The highest BCUT2D eigenvalue weighted by Crippen LogP contribution is 2.27. The van der Waals surface area contributed by atoms with Gasteiger partial charge in [0.15, 0.2) is 0 Å². The van der Waals surface area contributed by atoms with E-state index < -0.39 is 0 Å². The van der Waals surface area contributed by atoms with Crippen LogP contribution >= 0.6 is 11.8 Å². The van der Waals surface area contributed by atoms with Gasteiger partial charge >= 0.3 is 0 Å². The number of aliphatic hydroxyl groups is 1. The first-order chi connectivity index (χ1) is 8.19. The molecule has 1 heterocycles. The lowest BCUT2D eigenvalue weighted by Crippen LogP contribution is -1.92. The fourth-order valence-corrected chi connectivity index (χ4v) is 2.27. The van der Waals surface area contributed by atoms with Gasteiger partial charge in [-0.25, -0.2) is 4.98 Å². The molecule has 3 nitrogen and oxygen atoms in total. The minimum atomic E-state index is 0.0776. The minimum Gasteiger partial charge on any atom is -0.392 e. The van der Waals surface area contributed by atoms with Crippen LogP contribution in [0.2, 0.25) is 0 Å². The van der Waals surface area contributed by atoms with Gasteiger partial charge in [0.1, 0.15) is 5.03 Å². The quantitative estimate of drug-likeness (QED) is 0.904. The van der Waals surface area contributed by atoms with Crippen LogP contribution in [0.1, 0.15) is 17.0 Å². The molecule has 1 N–H and O–H groups in total. The van der Waals surface area contributed by atoms with E-state index in [0.29, 0.717) is 0 Å². The molecule has 0 spiro atoms. The Morgan fingerprint density at radius 2 is 1.88 bits per heavy atom. The van der Waals surface area contributed by atoms with Crippen LogP contribution in [0.25, 0.3) is 0 Å². The molecule has 17 heavy (non-hydrogen) atoms. The Balaban J connectivity index is 2.22. The fraction of sp³-hybridized carbons (Fsp3) is 0.231. The zero-order chi connectivity index (χ0) is 12.3. The molecule has 0 aliphatic carbocycles. The lowest BCUT2D eigenvalue weighted by molar-refractivity contribution is 0.282. The van der Waals surface area contributed by atoms with Crippen LogP contribution in [0.5, 0.6) is 0 Å². The monoisotopic (exact) mass is 246 g/mol. The topological polar surface area (TPSA) is 46.0 Å². The molecule has 0 amide bonds. The largest absolute Gasteiger partial charge is 0.392 e. The number of aliphatic hydroxyl groups excluding tert-OH is 1. The summed E-state index contributed by atoms with van der Waals surface area (Å²) < 4.78 is 0. The molecular formula is C13H14N2OS. The summed E-state index contributed by atoms with van der Waals surface area (Å²) in [6.45, 7) is 3.97. The van der Waals surface area contributed by atoms with Crippen molar-refractivity contribution >= 4 is 11.8 Å². The molecule has 4 heteroatoms. The summed E-state index contributed by atoms with van der Waals surface area (Å²) in [4.78, 5) is 9.85. The predicted molar refractivity (Wildman–Crippen MR) is 68.0 cm³/mol. The standard InChI is InChI=1S/C13H14N2OS/c1-9-7-14-10(2)13(15-9)17-12-5-3-11(8-16)4-6-12/h3-7,16H,8H2,1-2H3. The molecule has 0 aliphatic rings.